The standard InChI is InChI=1S/C17H14N2O4S/c1-2-23-17(20)16-15(13-10-6-7-11-14(13)18-16)19-24(21,22)12-8-4-3-5-9-12/h3-11H,2H2,1H3/b19-15+. The monoisotopic (exact) mass is 342 g/mol. The Morgan fingerprint density at radius 3 is 2.46 bits per heavy atom. The maximum Gasteiger partial charge on any atom is 0.359 e. The molecular weight excluding hydrogens is 328 g/mol. The highest BCUT2D eigenvalue weighted by Gasteiger charge is 2.31. The number of ether oxygens (including phenoxy) is 1. The van der Waals surface area contributed by atoms with Crippen LogP contribution in [0.25, 0.3) is 0 Å². The van der Waals surface area contributed by atoms with E-state index < -0.39 is 16.0 Å². The van der Waals surface area contributed by atoms with Gasteiger partial charge in [-0.3, -0.25) is 0 Å². The van der Waals surface area contributed by atoms with Gasteiger partial charge < -0.3 is 4.74 Å². The van der Waals surface area contributed by atoms with Gasteiger partial charge in [0.25, 0.3) is 10.0 Å². The van der Waals surface area contributed by atoms with Crippen molar-refractivity contribution in [1.29, 1.82) is 0 Å². The summed E-state index contributed by atoms with van der Waals surface area (Å²) in [6.45, 7) is 1.82. The van der Waals surface area contributed by atoms with E-state index in [0.29, 0.717) is 11.3 Å². The molecule has 0 amide bonds. The number of nitrogens with zero attached hydrogens (tertiary/aromatic N) is 2. The van der Waals surface area contributed by atoms with Gasteiger partial charge in [0.15, 0.2) is 5.71 Å². The van der Waals surface area contributed by atoms with Crippen LogP contribution < -0.4 is 0 Å². The minimum Gasteiger partial charge on any atom is -0.461 e. The molecule has 0 fully saturated rings. The van der Waals surface area contributed by atoms with Crippen LogP contribution in [0.3, 0.4) is 0 Å². The summed E-state index contributed by atoms with van der Waals surface area (Å²) in [6, 6.07) is 14.7. The number of rotatable bonds is 4. The molecule has 0 aromatic heterocycles. The topological polar surface area (TPSA) is 85.2 Å². The van der Waals surface area contributed by atoms with Gasteiger partial charge in [-0.2, -0.15) is 12.8 Å². The van der Waals surface area contributed by atoms with Crippen LogP contribution in [0.15, 0.2) is 68.9 Å². The van der Waals surface area contributed by atoms with Gasteiger partial charge in [-0.25, -0.2) is 9.79 Å². The first-order valence-electron chi connectivity index (χ1n) is 7.28. The number of hydrogen-bond donors (Lipinski definition) is 0. The van der Waals surface area contributed by atoms with Crippen molar-refractivity contribution in [1.82, 2.24) is 0 Å². The molecule has 0 aliphatic carbocycles. The van der Waals surface area contributed by atoms with Crippen molar-refractivity contribution in [3.8, 4) is 0 Å². The van der Waals surface area contributed by atoms with Crippen molar-refractivity contribution >= 4 is 33.1 Å². The third-order valence-electron chi connectivity index (χ3n) is 3.34. The molecule has 24 heavy (non-hydrogen) atoms. The normalized spacial score (nSPS) is 15.0. The first kappa shape index (κ1) is 16.1. The quantitative estimate of drug-likeness (QED) is 0.799. The van der Waals surface area contributed by atoms with Gasteiger partial charge in [0.05, 0.1) is 17.2 Å². The Kier molecular flexibility index (Phi) is 4.26. The van der Waals surface area contributed by atoms with Crippen molar-refractivity contribution in [3.63, 3.8) is 0 Å². The van der Waals surface area contributed by atoms with Crippen LogP contribution in [0.1, 0.15) is 12.5 Å². The molecule has 3 rings (SSSR count). The summed E-state index contributed by atoms with van der Waals surface area (Å²) in [5, 5.41) is 0. The van der Waals surface area contributed by atoms with E-state index in [0.717, 1.165) is 0 Å². The molecule has 1 aliphatic heterocycles. The van der Waals surface area contributed by atoms with E-state index in [2.05, 4.69) is 9.39 Å². The number of para-hydroxylation sites is 1. The number of carbonyl (C=O) groups is 1. The molecule has 0 radical (unpaired) electrons. The molecule has 2 aromatic rings. The summed E-state index contributed by atoms with van der Waals surface area (Å²) >= 11 is 0. The fourth-order valence-electron chi connectivity index (χ4n) is 2.27. The van der Waals surface area contributed by atoms with Gasteiger partial charge in [-0.1, -0.05) is 36.4 Å². The first-order chi connectivity index (χ1) is 11.5. The second-order valence-electron chi connectivity index (χ2n) is 4.93. The molecule has 0 saturated heterocycles. The predicted molar refractivity (Wildman–Crippen MR) is 90.3 cm³/mol. The van der Waals surface area contributed by atoms with Crippen molar-refractivity contribution in [2.24, 2.45) is 9.39 Å². The lowest BCUT2D eigenvalue weighted by molar-refractivity contribution is -0.134. The number of carbonyl (C=O) groups excluding carboxylic acids is 1. The highest BCUT2D eigenvalue weighted by Crippen LogP contribution is 2.28. The lowest BCUT2D eigenvalue weighted by Gasteiger charge is -2.05. The summed E-state index contributed by atoms with van der Waals surface area (Å²) in [6.07, 6.45) is 0. The van der Waals surface area contributed by atoms with Crippen molar-refractivity contribution in [2.45, 2.75) is 11.8 Å². The summed E-state index contributed by atoms with van der Waals surface area (Å²) < 4.78 is 33.9. The number of esters is 1. The average Bonchev–Trinajstić information content (AvgIpc) is 2.94. The maximum absolute atomic E-state index is 12.5. The summed E-state index contributed by atoms with van der Waals surface area (Å²) in [7, 11) is -3.97. The summed E-state index contributed by atoms with van der Waals surface area (Å²) in [5.74, 6) is -0.698. The third kappa shape index (κ3) is 2.98. The number of benzene rings is 2. The molecule has 2 aromatic carbocycles. The SMILES string of the molecule is CCOC(=O)C1=Nc2ccccc2/C1=N\S(=O)(=O)c1ccccc1. The van der Waals surface area contributed by atoms with Gasteiger partial charge in [-0.05, 0) is 25.1 Å². The van der Waals surface area contributed by atoms with E-state index in [4.69, 9.17) is 4.74 Å². The van der Waals surface area contributed by atoms with Crippen LogP contribution in [0.2, 0.25) is 0 Å². The molecule has 0 spiro atoms. The lowest BCUT2D eigenvalue weighted by atomic mass is 10.1. The van der Waals surface area contributed by atoms with Crippen LogP contribution >= 0.6 is 0 Å². The fourth-order valence-corrected chi connectivity index (χ4v) is 3.30. The maximum atomic E-state index is 12.5. The Labute approximate surface area is 139 Å². The van der Waals surface area contributed by atoms with E-state index in [-0.39, 0.29) is 22.9 Å². The van der Waals surface area contributed by atoms with E-state index in [9.17, 15) is 13.2 Å². The van der Waals surface area contributed by atoms with Gasteiger partial charge >= 0.3 is 5.97 Å². The Hall–Kier alpha value is -2.80. The molecule has 122 valence electrons. The fraction of sp³-hybridized carbons (Fsp3) is 0.118. The summed E-state index contributed by atoms with van der Waals surface area (Å²) in [4.78, 5) is 16.3. The zero-order chi connectivity index (χ0) is 17.2. The van der Waals surface area contributed by atoms with Crippen LogP contribution in [-0.4, -0.2) is 32.4 Å². The number of fused-ring (bicyclic) bond motifs is 1. The smallest absolute Gasteiger partial charge is 0.359 e. The Morgan fingerprint density at radius 1 is 1.08 bits per heavy atom. The van der Waals surface area contributed by atoms with Crippen LogP contribution in [0, 0.1) is 0 Å². The van der Waals surface area contributed by atoms with E-state index in [1.54, 1.807) is 49.4 Å². The Balaban J connectivity index is 2.13. The second kappa shape index (κ2) is 6.37. The van der Waals surface area contributed by atoms with Crippen molar-refractivity contribution < 1.29 is 17.9 Å². The largest absolute Gasteiger partial charge is 0.461 e. The van der Waals surface area contributed by atoms with Gasteiger partial charge in [0.2, 0.25) is 0 Å². The molecular formula is C17H14N2O4S. The molecule has 0 saturated carbocycles. The highest BCUT2D eigenvalue weighted by atomic mass is 32.2. The van der Waals surface area contributed by atoms with Crippen LogP contribution in [0.4, 0.5) is 5.69 Å². The zero-order valence-electron chi connectivity index (χ0n) is 12.8. The Bertz CT molecular complexity index is 948. The number of hydrogen-bond acceptors (Lipinski definition) is 5. The highest BCUT2D eigenvalue weighted by molar-refractivity contribution is 7.90. The van der Waals surface area contributed by atoms with E-state index >= 15 is 0 Å². The minimum absolute atomic E-state index is 0.00732. The van der Waals surface area contributed by atoms with Gasteiger partial charge in [0, 0.05) is 5.56 Å². The molecule has 0 N–H and O–H groups in total. The second-order valence-corrected chi connectivity index (χ2v) is 6.53. The molecule has 1 heterocycles. The average molecular weight is 342 g/mol. The van der Waals surface area contributed by atoms with Gasteiger partial charge in [-0.15, -0.1) is 0 Å². The molecule has 1 aliphatic rings. The van der Waals surface area contributed by atoms with Crippen LogP contribution in [0.5, 0.6) is 0 Å². The molecule has 0 atom stereocenters. The molecule has 7 heteroatoms. The van der Waals surface area contributed by atoms with Crippen molar-refractivity contribution in [2.75, 3.05) is 6.61 Å². The van der Waals surface area contributed by atoms with Crippen molar-refractivity contribution in [3.05, 3.63) is 60.2 Å². The molecule has 6 nitrogen and oxygen atoms in total. The molecule has 0 unspecified atom stereocenters. The number of aliphatic imine (C=N–C) groups is 1. The van der Waals surface area contributed by atoms with Gasteiger partial charge in [0.1, 0.15) is 5.71 Å². The number of sulfonamides is 1. The lowest BCUT2D eigenvalue weighted by Crippen LogP contribution is -2.25. The Morgan fingerprint density at radius 2 is 1.75 bits per heavy atom. The predicted octanol–water partition coefficient (Wildman–Crippen LogP) is 2.51. The van der Waals surface area contributed by atoms with E-state index in [1.165, 1.54) is 12.1 Å². The van der Waals surface area contributed by atoms with Crippen LogP contribution in [-0.2, 0) is 19.6 Å². The minimum atomic E-state index is -3.97. The zero-order valence-corrected chi connectivity index (χ0v) is 13.7. The van der Waals surface area contributed by atoms with E-state index in [1.807, 2.05) is 0 Å². The molecule has 0 bridgehead atoms. The third-order valence-corrected chi connectivity index (χ3v) is 4.63. The summed E-state index contributed by atoms with van der Waals surface area (Å²) in [5.41, 5.74) is 0.882. The first-order valence-corrected chi connectivity index (χ1v) is 8.72.